The van der Waals surface area contributed by atoms with Crippen molar-refractivity contribution in [3.63, 3.8) is 0 Å². The second kappa shape index (κ2) is 5.14. The number of hydrogen-bond acceptors (Lipinski definition) is 4. The Morgan fingerprint density at radius 2 is 1.81 bits per heavy atom. The molecule has 0 amide bonds. The van der Waals surface area contributed by atoms with Crippen LogP contribution in [0.5, 0.6) is 0 Å². The fraction of sp³-hybridized carbons (Fsp3) is 0.667. The summed E-state index contributed by atoms with van der Waals surface area (Å²) in [6.07, 6.45) is 2.14. The zero-order valence-corrected chi connectivity index (χ0v) is 10.5. The third-order valence-electron chi connectivity index (χ3n) is 2.59. The Hall–Kier alpha value is -1.32. The average molecular weight is 224 g/mol. The Kier molecular flexibility index (Phi) is 4.10. The average Bonchev–Trinajstić information content (AvgIpc) is 2.20. The van der Waals surface area contributed by atoms with Crippen LogP contribution in [0.15, 0.2) is 9.59 Å². The maximum Gasteiger partial charge on any atom is 0.253 e. The first-order valence-corrected chi connectivity index (χ1v) is 5.69. The molecule has 1 N–H and O–H groups in total. The molecule has 0 bridgehead atoms. The number of rotatable bonds is 6. The quantitative estimate of drug-likeness (QED) is 0.582. The highest BCUT2D eigenvalue weighted by Gasteiger charge is 2.21. The van der Waals surface area contributed by atoms with E-state index >= 15 is 0 Å². The molecule has 16 heavy (non-hydrogen) atoms. The fourth-order valence-corrected chi connectivity index (χ4v) is 1.69. The standard InChI is InChI=1S/C12H20N2O2/c1-8(2)6-5-7-13-9-10(14(3)4)12(16)11(9)15/h8,13H,5-7H2,1-4H3. The van der Waals surface area contributed by atoms with Crippen LogP contribution < -0.4 is 21.1 Å². The summed E-state index contributed by atoms with van der Waals surface area (Å²) in [5.74, 6) is 0.669. The molecule has 0 spiro atoms. The maximum atomic E-state index is 11.3. The topological polar surface area (TPSA) is 49.4 Å². The van der Waals surface area contributed by atoms with E-state index in [2.05, 4.69) is 19.2 Å². The van der Waals surface area contributed by atoms with E-state index in [-0.39, 0.29) is 10.9 Å². The molecule has 0 saturated heterocycles. The summed E-state index contributed by atoms with van der Waals surface area (Å²) < 4.78 is 0. The van der Waals surface area contributed by atoms with Crippen LogP contribution >= 0.6 is 0 Å². The van der Waals surface area contributed by atoms with Crippen molar-refractivity contribution in [2.75, 3.05) is 30.9 Å². The lowest BCUT2D eigenvalue weighted by atomic mass is 10.1. The molecule has 0 atom stereocenters. The molecular formula is C12H20N2O2. The third-order valence-corrected chi connectivity index (χ3v) is 2.59. The molecule has 1 aromatic carbocycles. The molecule has 0 aliphatic heterocycles. The molecule has 1 aromatic rings. The van der Waals surface area contributed by atoms with Crippen LogP contribution in [0.25, 0.3) is 0 Å². The Labute approximate surface area is 96.0 Å². The summed E-state index contributed by atoms with van der Waals surface area (Å²) in [5.41, 5.74) is 0.234. The lowest BCUT2D eigenvalue weighted by Gasteiger charge is -2.19. The van der Waals surface area contributed by atoms with Crippen LogP contribution in [0.1, 0.15) is 26.7 Å². The van der Waals surface area contributed by atoms with Crippen molar-refractivity contribution >= 4 is 11.4 Å². The van der Waals surface area contributed by atoms with Gasteiger partial charge in [-0.25, -0.2) is 0 Å². The van der Waals surface area contributed by atoms with Gasteiger partial charge in [-0.1, -0.05) is 13.8 Å². The van der Waals surface area contributed by atoms with Crippen molar-refractivity contribution in [2.24, 2.45) is 5.92 Å². The zero-order valence-electron chi connectivity index (χ0n) is 10.5. The third kappa shape index (κ3) is 2.62. The van der Waals surface area contributed by atoms with Crippen molar-refractivity contribution in [2.45, 2.75) is 26.7 Å². The van der Waals surface area contributed by atoms with Gasteiger partial charge in [0.25, 0.3) is 10.9 Å². The first kappa shape index (κ1) is 12.7. The Morgan fingerprint density at radius 1 is 1.19 bits per heavy atom. The van der Waals surface area contributed by atoms with Gasteiger partial charge in [0.05, 0.1) is 0 Å². The van der Waals surface area contributed by atoms with Gasteiger partial charge in [0.1, 0.15) is 11.4 Å². The molecule has 0 heterocycles. The minimum absolute atomic E-state index is 0.378. The van der Waals surface area contributed by atoms with Crippen molar-refractivity contribution in [1.82, 2.24) is 0 Å². The molecule has 4 nitrogen and oxygen atoms in total. The van der Waals surface area contributed by atoms with Gasteiger partial charge in [0, 0.05) is 20.6 Å². The Bertz CT molecular complexity index is 415. The van der Waals surface area contributed by atoms with Gasteiger partial charge in [0.2, 0.25) is 0 Å². The van der Waals surface area contributed by atoms with Crippen molar-refractivity contribution < 1.29 is 0 Å². The molecule has 0 saturated carbocycles. The molecule has 0 radical (unpaired) electrons. The van der Waals surface area contributed by atoms with Crippen molar-refractivity contribution in [3.05, 3.63) is 20.4 Å². The summed E-state index contributed by atoms with van der Waals surface area (Å²) in [6, 6.07) is 0. The second-order valence-electron chi connectivity index (χ2n) is 4.74. The highest BCUT2D eigenvalue weighted by Crippen LogP contribution is 2.17. The van der Waals surface area contributed by atoms with E-state index in [0.717, 1.165) is 19.4 Å². The predicted octanol–water partition coefficient (Wildman–Crippen LogP) is 1.20. The molecule has 0 fully saturated rings. The van der Waals surface area contributed by atoms with Crippen molar-refractivity contribution in [1.29, 1.82) is 0 Å². The second-order valence-corrected chi connectivity index (χ2v) is 4.74. The van der Waals surface area contributed by atoms with E-state index in [9.17, 15) is 9.59 Å². The van der Waals surface area contributed by atoms with Crippen LogP contribution in [0, 0.1) is 5.92 Å². The number of nitrogens with zero attached hydrogens (tertiary/aromatic N) is 1. The van der Waals surface area contributed by atoms with E-state index in [1.165, 1.54) is 0 Å². The molecule has 1 rings (SSSR count). The molecule has 0 aromatic heterocycles. The van der Waals surface area contributed by atoms with Gasteiger partial charge in [-0.2, -0.15) is 0 Å². The van der Waals surface area contributed by atoms with Gasteiger partial charge >= 0.3 is 0 Å². The highest BCUT2D eigenvalue weighted by molar-refractivity contribution is 5.74. The lowest BCUT2D eigenvalue weighted by molar-refractivity contribution is 0.567. The van der Waals surface area contributed by atoms with E-state index < -0.39 is 0 Å². The fourth-order valence-electron chi connectivity index (χ4n) is 1.69. The minimum Gasteiger partial charge on any atom is -0.380 e. The minimum atomic E-state index is -0.381. The zero-order chi connectivity index (χ0) is 12.3. The van der Waals surface area contributed by atoms with Crippen LogP contribution in [-0.2, 0) is 0 Å². The summed E-state index contributed by atoms with van der Waals surface area (Å²) in [5, 5.41) is 3.05. The van der Waals surface area contributed by atoms with Gasteiger partial charge < -0.3 is 10.2 Å². The summed E-state index contributed by atoms with van der Waals surface area (Å²) in [7, 11) is 3.55. The van der Waals surface area contributed by atoms with Crippen LogP contribution in [0.4, 0.5) is 11.4 Å². The molecule has 0 aliphatic carbocycles. The Morgan fingerprint density at radius 3 is 2.31 bits per heavy atom. The van der Waals surface area contributed by atoms with Crippen LogP contribution in [-0.4, -0.2) is 20.6 Å². The summed E-state index contributed by atoms with van der Waals surface area (Å²) in [6.45, 7) is 5.09. The van der Waals surface area contributed by atoms with E-state index in [0.29, 0.717) is 17.3 Å². The van der Waals surface area contributed by atoms with Gasteiger partial charge in [-0.3, -0.25) is 9.59 Å². The van der Waals surface area contributed by atoms with Gasteiger partial charge in [-0.05, 0) is 18.8 Å². The molecule has 0 aliphatic rings. The number of anilines is 2. The largest absolute Gasteiger partial charge is 0.380 e. The van der Waals surface area contributed by atoms with Crippen molar-refractivity contribution in [3.8, 4) is 0 Å². The monoisotopic (exact) mass is 224 g/mol. The maximum absolute atomic E-state index is 11.3. The van der Waals surface area contributed by atoms with E-state index in [4.69, 9.17) is 0 Å². The first-order chi connectivity index (χ1) is 7.45. The predicted molar refractivity (Wildman–Crippen MR) is 68.2 cm³/mol. The lowest BCUT2D eigenvalue weighted by Crippen LogP contribution is -2.40. The number of nitrogens with one attached hydrogen (secondary N) is 1. The van der Waals surface area contributed by atoms with E-state index in [1.807, 2.05) is 0 Å². The van der Waals surface area contributed by atoms with Gasteiger partial charge in [-0.15, -0.1) is 0 Å². The first-order valence-electron chi connectivity index (χ1n) is 5.69. The molecule has 90 valence electrons. The molecular weight excluding hydrogens is 204 g/mol. The number of hydrogen-bond donors (Lipinski definition) is 1. The molecule has 0 unspecified atom stereocenters. The highest BCUT2D eigenvalue weighted by atomic mass is 16.2. The normalized spacial score (nSPS) is 11.1. The summed E-state index contributed by atoms with van der Waals surface area (Å²) >= 11 is 0. The van der Waals surface area contributed by atoms with Crippen LogP contribution in [0.3, 0.4) is 0 Å². The Balaban J connectivity index is 2.52. The molecule has 4 heteroatoms. The van der Waals surface area contributed by atoms with Gasteiger partial charge in [0.15, 0.2) is 0 Å². The summed E-state index contributed by atoms with van der Waals surface area (Å²) in [4.78, 5) is 24.3. The SMILES string of the molecule is CC(C)CCCNc1c(N(C)C)c(=O)c1=O. The van der Waals surface area contributed by atoms with E-state index in [1.54, 1.807) is 19.0 Å². The van der Waals surface area contributed by atoms with Crippen LogP contribution in [0.2, 0.25) is 0 Å². The smallest absolute Gasteiger partial charge is 0.253 e.